The molecule has 0 aliphatic carbocycles. The molecule has 0 aliphatic heterocycles. The Hall–Kier alpha value is -1.77. The van der Waals surface area contributed by atoms with Crippen LogP contribution in [-0.2, 0) is 0 Å². The van der Waals surface area contributed by atoms with Gasteiger partial charge >= 0.3 is 0 Å². The van der Waals surface area contributed by atoms with E-state index < -0.39 is 0 Å². The second-order valence-electron chi connectivity index (χ2n) is 3.07. The van der Waals surface area contributed by atoms with Crippen molar-refractivity contribution in [1.29, 1.82) is 0 Å². The fraction of sp³-hybridized carbons (Fsp3) is 0.182. The van der Waals surface area contributed by atoms with Gasteiger partial charge < -0.3 is 0 Å². The van der Waals surface area contributed by atoms with Crippen LogP contribution >= 0.6 is 0 Å². The number of carbonyl (C=O) groups excluding carboxylic acids is 3. The summed E-state index contributed by atoms with van der Waals surface area (Å²) in [4.78, 5) is 32.0. The van der Waals surface area contributed by atoms with E-state index in [1.807, 2.05) is 0 Å². The maximum Gasteiger partial charge on any atom is 0.150 e. The summed E-state index contributed by atoms with van der Waals surface area (Å²) in [6.07, 6.45) is 1.97. The lowest BCUT2D eigenvalue weighted by Gasteiger charge is -2.08. The van der Waals surface area contributed by atoms with E-state index >= 15 is 0 Å². The van der Waals surface area contributed by atoms with Gasteiger partial charge in [-0.3, -0.25) is 14.4 Å². The zero-order chi connectivity index (χ0) is 10.7. The van der Waals surface area contributed by atoms with Crippen LogP contribution in [0.5, 0.6) is 0 Å². The van der Waals surface area contributed by atoms with Gasteiger partial charge in [0.05, 0.1) is 0 Å². The van der Waals surface area contributed by atoms with E-state index in [4.69, 9.17) is 0 Å². The minimum atomic E-state index is 0.389. The molecule has 0 heterocycles. The van der Waals surface area contributed by atoms with E-state index in [1.54, 1.807) is 13.8 Å². The zero-order valence-electron chi connectivity index (χ0n) is 8.03. The first-order chi connectivity index (χ1) is 6.65. The van der Waals surface area contributed by atoms with Crippen LogP contribution in [0.3, 0.4) is 0 Å². The topological polar surface area (TPSA) is 51.2 Å². The lowest BCUT2D eigenvalue weighted by atomic mass is 9.95. The summed E-state index contributed by atoms with van der Waals surface area (Å²) in [7, 11) is 0. The Morgan fingerprint density at radius 3 is 1.57 bits per heavy atom. The molecule has 1 aromatic carbocycles. The Kier molecular flexibility index (Phi) is 2.92. The van der Waals surface area contributed by atoms with Gasteiger partial charge in [0.2, 0.25) is 0 Å². The summed E-state index contributed by atoms with van der Waals surface area (Å²) < 4.78 is 0. The van der Waals surface area contributed by atoms with Gasteiger partial charge in [-0.05, 0) is 31.0 Å². The van der Waals surface area contributed by atoms with E-state index in [0.717, 1.165) is 0 Å². The monoisotopic (exact) mass is 190 g/mol. The van der Waals surface area contributed by atoms with E-state index in [0.29, 0.717) is 46.7 Å². The molecule has 0 N–H and O–H groups in total. The fourth-order valence-corrected chi connectivity index (χ4v) is 1.40. The quantitative estimate of drug-likeness (QED) is 0.682. The molecule has 0 unspecified atom stereocenters. The highest BCUT2D eigenvalue weighted by Gasteiger charge is 2.10. The first-order valence-corrected chi connectivity index (χ1v) is 4.15. The van der Waals surface area contributed by atoms with Crippen molar-refractivity contribution in [2.45, 2.75) is 13.8 Å². The van der Waals surface area contributed by atoms with E-state index in [-0.39, 0.29) is 0 Å². The first kappa shape index (κ1) is 10.3. The molecule has 0 fully saturated rings. The van der Waals surface area contributed by atoms with Gasteiger partial charge in [0.1, 0.15) is 12.6 Å². The molecule has 0 atom stereocenters. The smallest absolute Gasteiger partial charge is 0.150 e. The van der Waals surface area contributed by atoms with Gasteiger partial charge in [0.25, 0.3) is 0 Å². The van der Waals surface area contributed by atoms with Crippen LogP contribution in [-0.4, -0.2) is 18.9 Å². The first-order valence-electron chi connectivity index (χ1n) is 4.15. The summed E-state index contributed by atoms with van der Waals surface area (Å²) in [5.74, 6) is 0. The molecule has 72 valence electrons. The molecule has 0 spiro atoms. The third kappa shape index (κ3) is 1.48. The molecule has 0 amide bonds. The standard InChI is InChI=1S/C11H10O3/c1-7-9(4-12)3-10(5-13)8(2)11(7)6-14/h3-6H,1-2H3. The Morgan fingerprint density at radius 2 is 1.29 bits per heavy atom. The summed E-state index contributed by atoms with van der Waals surface area (Å²) in [6.45, 7) is 3.38. The minimum absolute atomic E-state index is 0.389. The maximum absolute atomic E-state index is 10.8. The number of aldehydes is 3. The van der Waals surface area contributed by atoms with Crippen molar-refractivity contribution in [2.24, 2.45) is 0 Å². The Labute approximate surface area is 81.7 Å². The lowest BCUT2D eigenvalue weighted by Crippen LogP contribution is -2.01. The molecule has 0 saturated heterocycles. The summed E-state index contributed by atoms with van der Waals surface area (Å²) in [6, 6.07) is 1.50. The van der Waals surface area contributed by atoms with Crippen LogP contribution in [0.1, 0.15) is 42.2 Å². The second kappa shape index (κ2) is 3.96. The molecule has 3 nitrogen and oxygen atoms in total. The second-order valence-corrected chi connectivity index (χ2v) is 3.07. The molecule has 1 rings (SSSR count). The van der Waals surface area contributed by atoms with Crippen molar-refractivity contribution in [3.63, 3.8) is 0 Å². The third-order valence-corrected chi connectivity index (χ3v) is 2.36. The van der Waals surface area contributed by atoms with E-state index in [2.05, 4.69) is 0 Å². The highest BCUT2D eigenvalue weighted by molar-refractivity contribution is 5.92. The van der Waals surface area contributed by atoms with Crippen molar-refractivity contribution in [3.8, 4) is 0 Å². The molecule has 0 aromatic heterocycles. The van der Waals surface area contributed by atoms with Crippen molar-refractivity contribution in [3.05, 3.63) is 33.9 Å². The molecule has 0 bridgehead atoms. The van der Waals surface area contributed by atoms with Gasteiger partial charge in [-0.1, -0.05) is 0 Å². The Balaban J connectivity index is 3.62. The van der Waals surface area contributed by atoms with Gasteiger partial charge in [0.15, 0.2) is 6.29 Å². The number of rotatable bonds is 3. The number of carbonyl (C=O) groups is 3. The van der Waals surface area contributed by atoms with Crippen LogP contribution in [0.15, 0.2) is 6.07 Å². The van der Waals surface area contributed by atoms with E-state index in [9.17, 15) is 14.4 Å². The molecule has 0 aliphatic rings. The largest absolute Gasteiger partial charge is 0.298 e. The molecular formula is C11H10O3. The Morgan fingerprint density at radius 1 is 0.857 bits per heavy atom. The van der Waals surface area contributed by atoms with Crippen molar-refractivity contribution >= 4 is 18.9 Å². The van der Waals surface area contributed by atoms with Gasteiger partial charge in [-0.15, -0.1) is 0 Å². The molecular weight excluding hydrogens is 180 g/mol. The van der Waals surface area contributed by atoms with Crippen LogP contribution in [0.4, 0.5) is 0 Å². The van der Waals surface area contributed by atoms with Gasteiger partial charge in [0, 0.05) is 16.7 Å². The lowest BCUT2D eigenvalue weighted by molar-refractivity contribution is 0.112. The maximum atomic E-state index is 10.8. The third-order valence-electron chi connectivity index (χ3n) is 2.36. The predicted octanol–water partition coefficient (Wildman–Crippen LogP) is 1.74. The number of benzene rings is 1. The number of hydrogen-bond acceptors (Lipinski definition) is 3. The molecule has 0 radical (unpaired) electrons. The molecule has 3 heteroatoms. The summed E-state index contributed by atoms with van der Waals surface area (Å²) >= 11 is 0. The summed E-state index contributed by atoms with van der Waals surface area (Å²) in [5, 5.41) is 0. The zero-order valence-corrected chi connectivity index (χ0v) is 8.03. The number of hydrogen-bond donors (Lipinski definition) is 0. The van der Waals surface area contributed by atoms with Gasteiger partial charge in [-0.2, -0.15) is 0 Å². The molecule has 1 aromatic rings. The van der Waals surface area contributed by atoms with Crippen LogP contribution in [0, 0.1) is 13.8 Å². The molecule has 0 saturated carbocycles. The van der Waals surface area contributed by atoms with Crippen molar-refractivity contribution in [1.82, 2.24) is 0 Å². The van der Waals surface area contributed by atoms with Crippen molar-refractivity contribution in [2.75, 3.05) is 0 Å². The minimum Gasteiger partial charge on any atom is -0.298 e. The van der Waals surface area contributed by atoms with Crippen LogP contribution in [0.25, 0.3) is 0 Å². The van der Waals surface area contributed by atoms with Crippen LogP contribution in [0.2, 0.25) is 0 Å². The summed E-state index contributed by atoms with van der Waals surface area (Å²) in [5.41, 5.74) is 2.45. The van der Waals surface area contributed by atoms with Gasteiger partial charge in [-0.25, -0.2) is 0 Å². The average Bonchev–Trinajstić information content (AvgIpc) is 2.19. The van der Waals surface area contributed by atoms with E-state index in [1.165, 1.54) is 6.07 Å². The highest BCUT2D eigenvalue weighted by atomic mass is 16.1. The predicted molar refractivity (Wildman–Crippen MR) is 52.1 cm³/mol. The fourth-order valence-electron chi connectivity index (χ4n) is 1.40. The average molecular weight is 190 g/mol. The molecule has 14 heavy (non-hydrogen) atoms. The highest BCUT2D eigenvalue weighted by Crippen LogP contribution is 2.18. The van der Waals surface area contributed by atoms with Crippen molar-refractivity contribution < 1.29 is 14.4 Å². The van der Waals surface area contributed by atoms with Crippen LogP contribution < -0.4 is 0 Å². The SMILES string of the molecule is Cc1c(C=O)cc(C=O)c(C)c1C=O. The normalized spacial score (nSPS) is 9.57. The Bertz CT molecular complexity index is 373.